The van der Waals surface area contributed by atoms with Gasteiger partial charge in [0.25, 0.3) is 0 Å². The third kappa shape index (κ3) is 3.87. The molecular formula is C19H24N4O3S2. The molecule has 150 valence electrons. The molecule has 0 saturated heterocycles. The van der Waals surface area contributed by atoms with Gasteiger partial charge in [-0.3, -0.25) is 4.79 Å². The second-order valence-electron chi connectivity index (χ2n) is 6.17. The van der Waals surface area contributed by atoms with Crippen molar-refractivity contribution in [2.45, 2.75) is 37.4 Å². The van der Waals surface area contributed by atoms with Gasteiger partial charge in [0.1, 0.15) is 0 Å². The van der Waals surface area contributed by atoms with Crippen molar-refractivity contribution in [2.75, 3.05) is 18.8 Å². The van der Waals surface area contributed by atoms with Crippen LogP contribution < -0.4 is 0 Å². The summed E-state index contributed by atoms with van der Waals surface area (Å²) >= 11 is 1.35. The van der Waals surface area contributed by atoms with Crippen LogP contribution >= 0.6 is 11.8 Å². The minimum atomic E-state index is -3.54. The first-order valence-corrected chi connectivity index (χ1v) is 11.6. The minimum absolute atomic E-state index is 0.00508. The van der Waals surface area contributed by atoms with Gasteiger partial charge in [-0.2, -0.15) is 4.31 Å². The van der Waals surface area contributed by atoms with E-state index in [1.807, 2.05) is 25.3 Å². The minimum Gasteiger partial charge on any atom is -0.359 e. The Morgan fingerprint density at radius 1 is 1.21 bits per heavy atom. The number of sulfonamides is 1. The fourth-order valence-corrected chi connectivity index (χ4v) is 5.53. The van der Waals surface area contributed by atoms with E-state index in [4.69, 9.17) is 0 Å². The van der Waals surface area contributed by atoms with Gasteiger partial charge < -0.3 is 9.55 Å². The third-order valence-electron chi connectivity index (χ3n) is 4.57. The maximum absolute atomic E-state index is 12.8. The number of hydrogen-bond acceptors (Lipinski definition) is 5. The van der Waals surface area contributed by atoms with Gasteiger partial charge >= 0.3 is 0 Å². The van der Waals surface area contributed by atoms with Crippen molar-refractivity contribution in [1.82, 2.24) is 18.8 Å². The quantitative estimate of drug-likeness (QED) is 0.423. The fraction of sp³-hybridized carbons (Fsp3) is 0.368. The molecule has 28 heavy (non-hydrogen) atoms. The van der Waals surface area contributed by atoms with Crippen LogP contribution in [-0.2, 0) is 16.6 Å². The molecule has 0 atom stereocenters. The highest BCUT2D eigenvalue weighted by atomic mass is 32.2. The summed E-state index contributed by atoms with van der Waals surface area (Å²) in [6.45, 7) is 7.16. The first-order chi connectivity index (χ1) is 13.4. The highest BCUT2D eigenvalue weighted by Crippen LogP contribution is 2.27. The molecule has 0 aliphatic heterocycles. The Bertz CT molecular complexity index is 1070. The molecule has 0 aliphatic carbocycles. The van der Waals surface area contributed by atoms with Crippen LogP contribution in [0.1, 0.15) is 31.3 Å². The Balaban J connectivity index is 1.92. The van der Waals surface area contributed by atoms with Crippen molar-refractivity contribution in [1.29, 1.82) is 0 Å². The molecule has 0 aliphatic rings. The lowest BCUT2D eigenvalue weighted by atomic mass is 10.3. The number of imidazole rings is 1. The van der Waals surface area contributed by atoms with E-state index < -0.39 is 10.0 Å². The summed E-state index contributed by atoms with van der Waals surface area (Å²) in [5, 5.41) is 0.704. The standard InChI is InChI=1S/C19H24N4O3S2/c1-4-22(5-2)28(25,26)14-9-10-17-16(12-14)21-19(23(17)6-3)27-13-18(24)15-8-7-11-20-15/h7-12,20H,4-6,13H2,1-3H3. The van der Waals surface area contributed by atoms with Gasteiger partial charge in [-0.1, -0.05) is 25.6 Å². The van der Waals surface area contributed by atoms with Crippen molar-refractivity contribution in [3.05, 3.63) is 42.2 Å². The van der Waals surface area contributed by atoms with Crippen molar-refractivity contribution >= 4 is 38.6 Å². The highest BCUT2D eigenvalue weighted by Gasteiger charge is 2.23. The lowest BCUT2D eigenvalue weighted by molar-refractivity contribution is 0.101. The molecule has 7 nitrogen and oxygen atoms in total. The average Bonchev–Trinajstić information content (AvgIpc) is 3.33. The summed E-state index contributed by atoms with van der Waals surface area (Å²) in [5.74, 6) is 0.253. The van der Waals surface area contributed by atoms with E-state index in [1.54, 1.807) is 36.5 Å². The maximum atomic E-state index is 12.8. The average molecular weight is 421 g/mol. The first-order valence-electron chi connectivity index (χ1n) is 9.22. The molecule has 0 bridgehead atoms. The number of thioether (sulfide) groups is 1. The Hall–Kier alpha value is -2.10. The molecule has 3 aromatic rings. The monoisotopic (exact) mass is 420 g/mol. The van der Waals surface area contributed by atoms with E-state index in [-0.39, 0.29) is 16.4 Å². The fourth-order valence-electron chi connectivity index (χ4n) is 3.09. The zero-order valence-electron chi connectivity index (χ0n) is 16.2. The van der Waals surface area contributed by atoms with E-state index >= 15 is 0 Å². The zero-order valence-corrected chi connectivity index (χ0v) is 17.8. The number of nitrogens with one attached hydrogen (secondary N) is 1. The van der Waals surface area contributed by atoms with Crippen LogP contribution in [0.5, 0.6) is 0 Å². The van der Waals surface area contributed by atoms with E-state index in [0.29, 0.717) is 36.0 Å². The summed E-state index contributed by atoms with van der Waals surface area (Å²) in [4.78, 5) is 20.0. The van der Waals surface area contributed by atoms with E-state index in [9.17, 15) is 13.2 Å². The zero-order chi connectivity index (χ0) is 20.3. The number of ketones is 1. The number of nitrogens with zero attached hydrogens (tertiary/aromatic N) is 3. The molecule has 9 heteroatoms. The molecule has 3 rings (SSSR count). The van der Waals surface area contributed by atoms with Crippen LogP contribution in [0.2, 0.25) is 0 Å². The lowest BCUT2D eigenvalue weighted by Gasteiger charge is -2.18. The molecule has 1 N–H and O–H groups in total. The number of fused-ring (bicyclic) bond motifs is 1. The van der Waals surface area contributed by atoms with Crippen LogP contribution in [0, 0.1) is 0 Å². The number of aryl methyl sites for hydroxylation is 1. The number of carbonyl (C=O) groups is 1. The van der Waals surface area contributed by atoms with Gasteiger partial charge in [-0.05, 0) is 37.3 Å². The molecule has 2 heterocycles. The Labute approximate surface area is 169 Å². The maximum Gasteiger partial charge on any atom is 0.243 e. The Morgan fingerprint density at radius 2 is 1.96 bits per heavy atom. The van der Waals surface area contributed by atoms with Gasteiger partial charge in [0.05, 0.1) is 27.4 Å². The molecule has 0 fully saturated rings. The first kappa shape index (κ1) is 20.6. The Kier molecular flexibility index (Phi) is 6.26. The summed E-state index contributed by atoms with van der Waals surface area (Å²) in [5.41, 5.74) is 2.04. The number of Topliss-reactive ketones (excluding diaryl/α,β-unsaturated/α-hetero) is 1. The summed E-state index contributed by atoms with van der Waals surface area (Å²) in [6, 6.07) is 8.57. The van der Waals surface area contributed by atoms with Crippen LogP contribution in [0.3, 0.4) is 0 Å². The molecule has 0 unspecified atom stereocenters. The molecule has 0 amide bonds. The van der Waals surface area contributed by atoms with Crippen molar-refractivity contribution in [3.8, 4) is 0 Å². The number of carbonyl (C=O) groups excluding carboxylic acids is 1. The highest BCUT2D eigenvalue weighted by molar-refractivity contribution is 7.99. The van der Waals surface area contributed by atoms with Crippen LogP contribution in [-0.4, -0.2) is 51.9 Å². The van der Waals surface area contributed by atoms with Crippen LogP contribution in [0.4, 0.5) is 0 Å². The normalized spacial score (nSPS) is 12.1. The van der Waals surface area contributed by atoms with E-state index in [1.165, 1.54) is 16.1 Å². The second kappa shape index (κ2) is 8.50. The van der Waals surface area contributed by atoms with E-state index in [2.05, 4.69) is 9.97 Å². The van der Waals surface area contributed by atoms with Gasteiger partial charge in [0.2, 0.25) is 10.0 Å². The molecule has 0 spiro atoms. The number of H-pyrrole nitrogens is 1. The summed E-state index contributed by atoms with van der Waals surface area (Å²) < 4.78 is 29.0. The van der Waals surface area contributed by atoms with Crippen LogP contribution in [0.25, 0.3) is 11.0 Å². The van der Waals surface area contributed by atoms with Gasteiger partial charge in [-0.25, -0.2) is 13.4 Å². The smallest absolute Gasteiger partial charge is 0.243 e. The molecular weight excluding hydrogens is 396 g/mol. The number of hydrogen-bond donors (Lipinski definition) is 1. The molecule has 2 aromatic heterocycles. The van der Waals surface area contributed by atoms with E-state index in [0.717, 1.165) is 5.52 Å². The number of aromatic amines is 1. The van der Waals surface area contributed by atoms with Crippen molar-refractivity contribution in [2.24, 2.45) is 0 Å². The number of rotatable bonds is 9. The van der Waals surface area contributed by atoms with Crippen molar-refractivity contribution in [3.63, 3.8) is 0 Å². The van der Waals surface area contributed by atoms with Gasteiger partial charge in [-0.15, -0.1) is 0 Å². The Morgan fingerprint density at radius 3 is 2.57 bits per heavy atom. The molecule has 0 radical (unpaired) electrons. The van der Waals surface area contributed by atoms with Crippen LogP contribution in [0.15, 0.2) is 46.6 Å². The van der Waals surface area contributed by atoms with Gasteiger partial charge in [0, 0.05) is 25.8 Å². The largest absolute Gasteiger partial charge is 0.359 e. The summed E-state index contributed by atoms with van der Waals surface area (Å²) in [6.07, 6.45) is 1.72. The molecule has 1 aromatic carbocycles. The van der Waals surface area contributed by atoms with Crippen molar-refractivity contribution < 1.29 is 13.2 Å². The molecule has 0 saturated carbocycles. The third-order valence-corrected chi connectivity index (χ3v) is 7.60. The second-order valence-corrected chi connectivity index (χ2v) is 9.05. The SMILES string of the molecule is CCN(CC)S(=O)(=O)c1ccc2c(c1)nc(SCC(=O)c1ccc[nH]1)n2CC. The summed E-state index contributed by atoms with van der Waals surface area (Å²) in [7, 11) is -3.54. The predicted octanol–water partition coefficient (Wildman–Crippen LogP) is 3.39. The van der Waals surface area contributed by atoms with Gasteiger partial charge in [0.15, 0.2) is 10.9 Å². The number of aromatic nitrogens is 3. The lowest BCUT2D eigenvalue weighted by Crippen LogP contribution is -2.30. The number of benzene rings is 1. The predicted molar refractivity (Wildman–Crippen MR) is 111 cm³/mol. The topological polar surface area (TPSA) is 88.1 Å².